The van der Waals surface area contributed by atoms with Gasteiger partial charge < -0.3 is 0 Å². The van der Waals surface area contributed by atoms with E-state index in [1.165, 1.54) is 12.0 Å². The molecule has 16 heavy (non-hydrogen) atoms. The zero-order valence-electron chi connectivity index (χ0n) is 11.0. The van der Waals surface area contributed by atoms with E-state index in [4.69, 9.17) is 0 Å². The largest absolute Gasteiger partial charge is 0.101 e. The third-order valence-corrected chi connectivity index (χ3v) is 1.32. The van der Waals surface area contributed by atoms with Crippen LogP contribution in [0.2, 0.25) is 0 Å². The van der Waals surface area contributed by atoms with E-state index in [1.807, 2.05) is 32.9 Å². The Hall–Kier alpha value is -1.22. The minimum atomic E-state index is 0. The number of hydrogen-bond donors (Lipinski definition) is 0. The summed E-state index contributed by atoms with van der Waals surface area (Å²) < 4.78 is 0. The molecule has 92 valence electrons. The zero-order chi connectivity index (χ0) is 12.1. The van der Waals surface area contributed by atoms with Gasteiger partial charge in [-0.3, -0.25) is 0 Å². The molecule has 0 aliphatic carbocycles. The van der Waals surface area contributed by atoms with E-state index in [1.54, 1.807) is 0 Å². The maximum Gasteiger partial charge on any atom is 0.0245 e. The van der Waals surface area contributed by atoms with Crippen molar-refractivity contribution in [1.29, 1.82) is 0 Å². The summed E-state index contributed by atoms with van der Waals surface area (Å²) in [4.78, 5) is 0. The van der Waals surface area contributed by atoms with Gasteiger partial charge in [-0.15, -0.1) is 5.92 Å². The van der Waals surface area contributed by atoms with Crippen LogP contribution in [0.3, 0.4) is 0 Å². The highest BCUT2D eigenvalue weighted by Gasteiger charge is 1.83. The third-order valence-electron chi connectivity index (χ3n) is 1.32. The summed E-state index contributed by atoms with van der Waals surface area (Å²) in [5.41, 5.74) is 2.37. The first-order chi connectivity index (χ1) is 7.24. The van der Waals surface area contributed by atoms with Gasteiger partial charge in [-0.25, -0.2) is 0 Å². The van der Waals surface area contributed by atoms with Crippen LogP contribution in [0, 0.1) is 18.8 Å². The molecule has 0 spiro atoms. The van der Waals surface area contributed by atoms with Gasteiger partial charge in [-0.2, -0.15) is 0 Å². The number of aryl methyl sites for hydroxylation is 1. The smallest absolute Gasteiger partial charge is 0.0245 e. The monoisotopic (exact) mass is 220 g/mol. The molecule has 0 aliphatic heterocycles. The number of hydrogen-bond acceptors (Lipinski definition) is 0. The summed E-state index contributed by atoms with van der Waals surface area (Å²) in [6.45, 7) is 12.2. The summed E-state index contributed by atoms with van der Waals surface area (Å²) in [6, 6.07) is 8.21. The van der Waals surface area contributed by atoms with Crippen molar-refractivity contribution in [3.8, 4) is 11.8 Å². The summed E-state index contributed by atoms with van der Waals surface area (Å²) in [7, 11) is 0. The van der Waals surface area contributed by atoms with Crippen molar-refractivity contribution in [2.45, 2.75) is 55.4 Å². The molecule has 1 rings (SSSR count). The lowest BCUT2D eigenvalue weighted by Gasteiger charge is -1.90. The van der Waals surface area contributed by atoms with Crippen molar-refractivity contribution >= 4 is 0 Å². The van der Waals surface area contributed by atoms with Crippen LogP contribution in [0.25, 0.3) is 0 Å². The molecule has 0 atom stereocenters. The fourth-order valence-electron chi connectivity index (χ4n) is 0.781. The Kier molecular flexibility index (Phi) is 20.5. The molecular formula is C16H28. The summed E-state index contributed by atoms with van der Waals surface area (Å²) in [5, 5.41) is 0. The SMILES string of the molecule is C.CC.CC#Cc1ccc(C)cc1.CCC. The molecule has 0 N–H and O–H groups in total. The first kappa shape index (κ1) is 20.2. The van der Waals surface area contributed by atoms with Crippen LogP contribution >= 0.6 is 0 Å². The fourth-order valence-corrected chi connectivity index (χ4v) is 0.781. The molecule has 0 heteroatoms. The molecule has 0 saturated carbocycles. The lowest BCUT2D eigenvalue weighted by Crippen LogP contribution is -1.73. The standard InChI is InChI=1S/C10H10.C3H8.C2H6.CH4/c1-3-4-10-7-5-9(2)6-8-10;1-3-2;1-2;/h5-8H,1-2H3;3H2,1-2H3;1-2H3;1H4. The van der Waals surface area contributed by atoms with Crippen LogP contribution in [-0.4, -0.2) is 0 Å². The highest BCUT2D eigenvalue weighted by atomic mass is 13.9. The Balaban J connectivity index is -0.000000246. The second-order valence-corrected chi connectivity index (χ2v) is 2.95. The Morgan fingerprint density at radius 3 is 1.69 bits per heavy atom. The van der Waals surface area contributed by atoms with Crippen molar-refractivity contribution in [3.63, 3.8) is 0 Å². The van der Waals surface area contributed by atoms with Gasteiger partial charge in [-0.05, 0) is 26.0 Å². The lowest BCUT2D eigenvalue weighted by molar-refractivity contribution is 1.09. The third kappa shape index (κ3) is 12.8. The normalized spacial score (nSPS) is 6.62. The van der Waals surface area contributed by atoms with Gasteiger partial charge in [0.25, 0.3) is 0 Å². The summed E-state index contributed by atoms with van der Waals surface area (Å²) in [6.07, 6.45) is 1.25. The van der Waals surface area contributed by atoms with Crippen LogP contribution in [0.5, 0.6) is 0 Å². The summed E-state index contributed by atoms with van der Waals surface area (Å²) >= 11 is 0. The zero-order valence-corrected chi connectivity index (χ0v) is 11.0. The van der Waals surface area contributed by atoms with Crippen molar-refractivity contribution in [1.82, 2.24) is 0 Å². The van der Waals surface area contributed by atoms with E-state index >= 15 is 0 Å². The van der Waals surface area contributed by atoms with Gasteiger partial charge in [0.15, 0.2) is 0 Å². The van der Waals surface area contributed by atoms with E-state index < -0.39 is 0 Å². The van der Waals surface area contributed by atoms with E-state index in [0.717, 1.165) is 5.56 Å². The molecule has 0 heterocycles. The van der Waals surface area contributed by atoms with Gasteiger partial charge in [0, 0.05) is 5.56 Å². The van der Waals surface area contributed by atoms with Gasteiger partial charge >= 0.3 is 0 Å². The fraction of sp³-hybridized carbons (Fsp3) is 0.500. The Morgan fingerprint density at radius 1 is 1.00 bits per heavy atom. The summed E-state index contributed by atoms with van der Waals surface area (Å²) in [5.74, 6) is 5.84. The molecule has 0 nitrogen and oxygen atoms in total. The number of benzene rings is 1. The maximum absolute atomic E-state index is 2.98. The van der Waals surface area contributed by atoms with Crippen molar-refractivity contribution in [2.75, 3.05) is 0 Å². The first-order valence-corrected chi connectivity index (χ1v) is 5.74. The lowest BCUT2D eigenvalue weighted by atomic mass is 10.2. The van der Waals surface area contributed by atoms with E-state index in [2.05, 4.69) is 44.7 Å². The average molecular weight is 220 g/mol. The van der Waals surface area contributed by atoms with Gasteiger partial charge in [0.2, 0.25) is 0 Å². The Labute approximate surface area is 103 Å². The van der Waals surface area contributed by atoms with Crippen LogP contribution in [0.15, 0.2) is 24.3 Å². The Bertz CT molecular complexity index is 269. The Morgan fingerprint density at radius 2 is 1.38 bits per heavy atom. The van der Waals surface area contributed by atoms with Crippen LogP contribution in [0.4, 0.5) is 0 Å². The van der Waals surface area contributed by atoms with Crippen LogP contribution < -0.4 is 0 Å². The first-order valence-electron chi connectivity index (χ1n) is 5.74. The quantitative estimate of drug-likeness (QED) is 0.510. The second-order valence-electron chi connectivity index (χ2n) is 2.95. The van der Waals surface area contributed by atoms with E-state index in [9.17, 15) is 0 Å². The minimum Gasteiger partial charge on any atom is -0.101 e. The van der Waals surface area contributed by atoms with Gasteiger partial charge in [0.1, 0.15) is 0 Å². The van der Waals surface area contributed by atoms with Crippen LogP contribution in [0.1, 0.15) is 59.6 Å². The minimum absolute atomic E-state index is 0. The van der Waals surface area contributed by atoms with Gasteiger partial charge in [0.05, 0.1) is 0 Å². The average Bonchev–Trinajstić information content (AvgIpc) is 2.26. The van der Waals surface area contributed by atoms with Crippen LogP contribution in [-0.2, 0) is 0 Å². The van der Waals surface area contributed by atoms with Crippen molar-refractivity contribution in [2.24, 2.45) is 0 Å². The van der Waals surface area contributed by atoms with Crippen molar-refractivity contribution < 1.29 is 0 Å². The highest BCUT2D eigenvalue weighted by Crippen LogP contribution is 2.00. The molecule has 0 aromatic heterocycles. The van der Waals surface area contributed by atoms with E-state index in [0.29, 0.717) is 0 Å². The molecule has 0 radical (unpaired) electrons. The predicted molar refractivity (Wildman–Crippen MR) is 77.8 cm³/mol. The number of rotatable bonds is 0. The molecule has 1 aromatic rings. The molecule has 0 saturated heterocycles. The predicted octanol–water partition coefficient (Wildman–Crippen LogP) is 5.45. The molecule has 0 aliphatic rings. The van der Waals surface area contributed by atoms with Crippen molar-refractivity contribution in [3.05, 3.63) is 35.4 Å². The molecule has 1 aromatic carbocycles. The topological polar surface area (TPSA) is 0 Å². The molecule has 0 bridgehead atoms. The van der Waals surface area contributed by atoms with Gasteiger partial charge in [-0.1, -0.05) is 65.2 Å². The highest BCUT2D eigenvalue weighted by molar-refractivity contribution is 5.35. The molecule has 0 unspecified atom stereocenters. The second kappa shape index (κ2) is 16.2. The molecule has 0 fully saturated rings. The van der Waals surface area contributed by atoms with E-state index in [-0.39, 0.29) is 7.43 Å². The maximum atomic E-state index is 2.98. The molecule has 0 amide bonds. The molecular weight excluding hydrogens is 192 g/mol.